The zero-order valence-electron chi connectivity index (χ0n) is 17.9. The molecule has 2 N–H and O–H groups in total. The highest BCUT2D eigenvalue weighted by Crippen LogP contribution is 2.26. The quantitative estimate of drug-likeness (QED) is 0.437. The van der Waals surface area contributed by atoms with Crippen LogP contribution in [0.3, 0.4) is 0 Å². The van der Waals surface area contributed by atoms with Crippen molar-refractivity contribution in [3.63, 3.8) is 0 Å². The average Bonchev–Trinajstić information content (AvgIpc) is 2.85. The predicted octanol–water partition coefficient (Wildman–Crippen LogP) is 2.36. The molecule has 0 aromatic heterocycles. The SMILES string of the molecule is C[Si](C)([Si](O)(c1ccccc1)c1ccccc1)[Si](O)(c1ccccc1)c1ccccc1. The molecule has 0 bridgehead atoms. The monoisotopic (exact) mass is 456 g/mol. The standard InChI is InChI=1S/C26H28O2Si3/c1-29(2,30(27,23-15-7-3-8-16-23)24-17-9-4-10-18-24)31(28,25-19-11-5-12-20-25)26-21-13-6-14-22-26/h3-22,27-28H,1-2H3. The highest BCUT2D eigenvalue weighted by molar-refractivity contribution is 7.75. The maximum Gasteiger partial charge on any atom is 0.237 e. The molecule has 4 aromatic carbocycles. The Morgan fingerprint density at radius 1 is 0.387 bits per heavy atom. The Morgan fingerprint density at radius 2 is 0.581 bits per heavy atom. The summed E-state index contributed by atoms with van der Waals surface area (Å²) >= 11 is 0. The molecule has 4 rings (SSSR count). The molecule has 4 aromatic rings. The van der Waals surface area contributed by atoms with Gasteiger partial charge in [0.2, 0.25) is 15.7 Å². The molecule has 0 atom stereocenters. The van der Waals surface area contributed by atoms with E-state index in [0.29, 0.717) is 0 Å². The molecule has 156 valence electrons. The van der Waals surface area contributed by atoms with E-state index in [1.54, 1.807) is 0 Å². The molecule has 0 aliphatic heterocycles. The lowest BCUT2D eigenvalue weighted by atomic mass is 10.4. The summed E-state index contributed by atoms with van der Waals surface area (Å²) < 4.78 is 0. The first-order valence-corrected chi connectivity index (χ1v) is 19.5. The molecule has 2 nitrogen and oxygen atoms in total. The number of rotatable bonds is 6. The van der Waals surface area contributed by atoms with Crippen molar-refractivity contribution in [3.05, 3.63) is 121 Å². The van der Waals surface area contributed by atoms with Crippen LogP contribution in [0.1, 0.15) is 0 Å². The van der Waals surface area contributed by atoms with Crippen LogP contribution < -0.4 is 20.7 Å². The zero-order valence-corrected chi connectivity index (χ0v) is 20.9. The first-order valence-electron chi connectivity index (χ1n) is 10.6. The molecule has 0 radical (unpaired) electrons. The van der Waals surface area contributed by atoms with Crippen LogP contribution in [0.4, 0.5) is 0 Å². The molecule has 0 aliphatic rings. The Morgan fingerprint density at radius 3 is 0.774 bits per heavy atom. The van der Waals surface area contributed by atoms with Crippen molar-refractivity contribution in [3.8, 4) is 0 Å². The van der Waals surface area contributed by atoms with E-state index in [0.717, 1.165) is 20.7 Å². The van der Waals surface area contributed by atoms with E-state index in [4.69, 9.17) is 0 Å². The van der Waals surface area contributed by atoms with Crippen molar-refractivity contribution in [1.29, 1.82) is 0 Å². The van der Waals surface area contributed by atoms with E-state index in [2.05, 4.69) is 13.1 Å². The summed E-state index contributed by atoms with van der Waals surface area (Å²) in [5, 5.41) is 3.87. The fourth-order valence-corrected chi connectivity index (χ4v) is 33.7. The third-order valence-electron chi connectivity index (χ3n) is 6.58. The van der Waals surface area contributed by atoms with Crippen LogP contribution >= 0.6 is 0 Å². The predicted molar refractivity (Wildman–Crippen MR) is 138 cm³/mol. The first-order chi connectivity index (χ1) is 14.9. The molecule has 0 saturated carbocycles. The van der Waals surface area contributed by atoms with Gasteiger partial charge in [0.1, 0.15) is 7.11 Å². The lowest BCUT2D eigenvalue weighted by Gasteiger charge is -2.48. The van der Waals surface area contributed by atoms with E-state index in [1.165, 1.54) is 0 Å². The van der Waals surface area contributed by atoms with Crippen LogP contribution in [0.25, 0.3) is 0 Å². The lowest BCUT2D eigenvalue weighted by molar-refractivity contribution is 0.576. The van der Waals surface area contributed by atoms with Crippen LogP contribution in [0.5, 0.6) is 0 Å². The third kappa shape index (κ3) is 3.48. The van der Waals surface area contributed by atoms with E-state index in [-0.39, 0.29) is 0 Å². The van der Waals surface area contributed by atoms with Gasteiger partial charge in [-0.3, -0.25) is 0 Å². The van der Waals surface area contributed by atoms with Gasteiger partial charge in [0.25, 0.3) is 0 Å². The van der Waals surface area contributed by atoms with Crippen LogP contribution in [0.15, 0.2) is 121 Å². The molecule has 0 spiro atoms. The van der Waals surface area contributed by atoms with Crippen molar-refractivity contribution in [2.75, 3.05) is 0 Å². The molecule has 5 heteroatoms. The van der Waals surface area contributed by atoms with Gasteiger partial charge in [0.15, 0.2) is 0 Å². The maximum atomic E-state index is 12.8. The Bertz CT molecular complexity index is 948. The second-order valence-electron chi connectivity index (χ2n) is 8.51. The molecular formula is C26H28O2Si3. The van der Waals surface area contributed by atoms with Gasteiger partial charge >= 0.3 is 0 Å². The highest BCUT2D eigenvalue weighted by Gasteiger charge is 2.65. The van der Waals surface area contributed by atoms with E-state index < -0.39 is 22.8 Å². The van der Waals surface area contributed by atoms with Crippen molar-refractivity contribution >= 4 is 43.5 Å². The van der Waals surface area contributed by atoms with Crippen LogP contribution in [-0.4, -0.2) is 32.4 Å². The zero-order chi connectivity index (χ0) is 22.0. The summed E-state index contributed by atoms with van der Waals surface area (Å²) in [7, 11) is -9.34. The Labute approximate surface area is 187 Å². The van der Waals surface area contributed by atoms with Crippen molar-refractivity contribution in [2.24, 2.45) is 0 Å². The normalized spacial score (nSPS) is 12.5. The second-order valence-corrected chi connectivity index (χ2v) is 30.3. The molecular weight excluding hydrogens is 429 g/mol. The smallest absolute Gasteiger partial charge is 0.237 e. The first kappa shape index (κ1) is 21.7. The Kier molecular flexibility index (Phi) is 5.96. The van der Waals surface area contributed by atoms with E-state index in [9.17, 15) is 9.59 Å². The molecule has 0 unspecified atom stereocenters. The highest BCUT2D eigenvalue weighted by atomic mass is 29.7. The summed E-state index contributed by atoms with van der Waals surface area (Å²) in [4.78, 5) is 25.6. The van der Waals surface area contributed by atoms with Gasteiger partial charge in [0.05, 0.1) is 0 Å². The molecule has 0 amide bonds. The minimum Gasteiger partial charge on any atom is -0.426 e. The van der Waals surface area contributed by atoms with Gasteiger partial charge < -0.3 is 9.59 Å². The minimum atomic E-state index is -3.28. The van der Waals surface area contributed by atoms with Crippen LogP contribution in [-0.2, 0) is 0 Å². The van der Waals surface area contributed by atoms with E-state index in [1.807, 2.05) is 121 Å². The summed E-state index contributed by atoms with van der Waals surface area (Å²) in [6, 6.07) is 40.2. The number of benzene rings is 4. The fraction of sp³-hybridized carbons (Fsp3) is 0.0769. The summed E-state index contributed by atoms with van der Waals surface area (Å²) in [6.07, 6.45) is 0. The minimum absolute atomic E-state index is 0.968. The second kappa shape index (κ2) is 8.53. The largest absolute Gasteiger partial charge is 0.426 e. The van der Waals surface area contributed by atoms with Crippen molar-refractivity contribution in [2.45, 2.75) is 13.1 Å². The van der Waals surface area contributed by atoms with E-state index >= 15 is 0 Å². The van der Waals surface area contributed by atoms with Crippen molar-refractivity contribution in [1.82, 2.24) is 0 Å². The topological polar surface area (TPSA) is 40.5 Å². The molecule has 0 saturated heterocycles. The third-order valence-corrected chi connectivity index (χ3v) is 35.7. The van der Waals surface area contributed by atoms with Crippen LogP contribution in [0, 0.1) is 0 Å². The molecule has 0 heterocycles. The van der Waals surface area contributed by atoms with Gasteiger partial charge in [-0.25, -0.2) is 0 Å². The Balaban J connectivity index is 2.05. The van der Waals surface area contributed by atoms with Crippen LogP contribution in [0.2, 0.25) is 13.1 Å². The molecule has 0 fully saturated rings. The van der Waals surface area contributed by atoms with Gasteiger partial charge in [0, 0.05) is 0 Å². The summed E-state index contributed by atoms with van der Waals surface area (Å²) in [5.74, 6) is 0. The van der Waals surface area contributed by atoms with Gasteiger partial charge in [-0.05, 0) is 20.7 Å². The van der Waals surface area contributed by atoms with Crippen molar-refractivity contribution < 1.29 is 9.59 Å². The maximum absolute atomic E-state index is 12.8. The number of hydrogen-bond donors (Lipinski definition) is 2. The van der Waals surface area contributed by atoms with Gasteiger partial charge in [-0.2, -0.15) is 0 Å². The Hall–Kier alpha value is -2.55. The number of hydrogen-bond acceptors (Lipinski definition) is 2. The average molecular weight is 457 g/mol. The summed E-state index contributed by atoms with van der Waals surface area (Å²) in [6.45, 7) is 4.40. The molecule has 31 heavy (non-hydrogen) atoms. The summed E-state index contributed by atoms with van der Waals surface area (Å²) in [5.41, 5.74) is 0. The molecule has 0 aliphatic carbocycles. The lowest BCUT2D eigenvalue weighted by Crippen LogP contribution is -2.90. The fourth-order valence-electron chi connectivity index (χ4n) is 4.76. The van der Waals surface area contributed by atoms with Gasteiger partial charge in [-0.1, -0.05) is 134 Å². The van der Waals surface area contributed by atoms with Gasteiger partial charge in [-0.15, -0.1) is 0 Å².